The molecule has 2 rings (SSSR count). The first-order chi connectivity index (χ1) is 7.93. The van der Waals surface area contributed by atoms with Crippen LogP contribution in [0.25, 0.3) is 6.08 Å². The zero-order chi connectivity index (χ0) is 12.6. The molecule has 0 fully saturated rings. The molecule has 0 saturated carbocycles. The molecule has 0 radical (unpaired) electrons. The van der Waals surface area contributed by atoms with Crippen molar-refractivity contribution in [2.75, 3.05) is 0 Å². The lowest BCUT2D eigenvalue weighted by atomic mass is 10.00. The molecule has 1 heterocycles. The van der Waals surface area contributed by atoms with Gasteiger partial charge in [-0.2, -0.15) is 0 Å². The van der Waals surface area contributed by atoms with Gasteiger partial charge in [0.25, 0.3) is 0 Å². The zero-order valence-corrected chi connectivity index (χ0v) is 9.47. The molecule has 0 amide bonds. The summed E-state index contributed by atoms with van der Waals surface area (Å²) < 4.78 is 5.57. The molecule has 5 nitrogen and oxygen atoms in total. The number of nitro groups is 1. The molecule has 17 heavy (non-hydrogen) atoms. The molecule has 88 valence electrons. The quantitative estimate of drug-likeness (QED) is 0.447. The molecular formula is C12H11NO4. The Labute approximate surface area is 97.9 Å². The van der Waals surface area contributed by atoms with Crippen molar-refractivity contribution in [2.24, 2.45) is 0 Å². The highest BCUT2D eigenvalue weighted by Crippen LogP contribution is 2.39. The average molecular weight is 233 g/mol. The molecule has 5 heteroatoms. The molecule has 1 aromatic rings. The third-order valence-corrected chi connectivity index (χ3v) is 2.48. The van der Waals surface area contributed by atoms with Gasteiger partial charge in [0.15, 0.2) is 0 Å². The summed E-state index contributed by atoms with van der Waals surface area (Å²) in [6.45, 7) is 3.62. The zero-order valence-electron chi connectivity index (χ0n) is 9.47. The van der Waals surface area contributed by atoms with Crippen molar-refractivity contribution in [3.63, 3.8) is 0 Å². The highest BCUT2D eigenvalue weighted by molar-refractivity contribution is 5.81. The van der Waals surface area contributed by atoms with E-state index in [-0.39, 0.29) is 17.0 Å². The van der Waals surface area contributed by atoms with Crippen LogP contribution in [0, 0.1) is 10.1 Å². The van der Waals surface area contributed by atoms with E-state index in [9.17, 15) is 14.9 Å². The predicted octanol–water partition coefficient (Wildman–Crippen LogP) is 2.59. The van der Waals surface area contributed by atoms with Crippen LogP contribution >= 0.6 is 0 Å². The lowest BCUT2D eigenvalue weighted by Gasteiger charge is -2.27. The number of carbonyl (C=O) groups excluding carboxylic acids is 1. The van der Waals surface area contributed by atoms with Crippen LogP contribution in [0.15, 0.2) is 18.2 Å². The molecule has 0 spiro atoms. The van der Waals surface area contributed by atoms with Crippen LogP contribution in [0.5, 0.6) is 5.75 Å². The van der Waals surface area contributed by atoms with Gasteiger partial charge in [0.1, 0.15) is 11.9 Å². The summed E-state index contributed by atoms with van der Waals surface area (Å²) in [6, 6.07) is 2.79. The second kappa shape index (κ2) is 3.69. The molecule has 0 aliphatic carbocycles. The number of fused-ring (bicyclic) bond motifs is 1. The van der Waals surface area contributed by atoms with E-state index in [1.165, 1.54) is 6.07 Å². The van der Waals surface area contributed by atoms with Crippen LogP contribution in [-0.4, -0.2) is 16.8 Å². The van der Waals surface area contributed by atoms with Crippen molar-refractivity contribution in [2.45, 2.75) is 19.4 Å². The summed E-state index contributed by atoms with van der Waals surface area (Å²) in [5.41, 5.74) is 0.0616. The van der Waals surface area contributed by atoms with Crippen LogP contribution in [-0.2, 0) is 0 Å². The minimum Gasteiger partial charge on any atom is -0.476 e. The summed E-state index contributed by atoms with van der Waals surface area (Å²) in [7, 11) is 0. The van der Waals surface area contributed by atoms with E-state index in [1.54, 1.807) is 18.2 Å². The molecule has 0 unspecified atom stereocenters. The molecule has 0 N–H and O–H groups in total. The van der Waals surface area contributed by atoms with E-state index >= 15 is 0 Å². The minimum absolute atomic E-state index is 0.179. The Balaban J connectivity index is 2.66. The van der Waals surface area contributed by atoms with Crippen molar-refractivity contribution in [3.8, 4) is 5.75 Å². The Morgan fingerprint density at radius 3 is 2.71 bits per heavy atom. The van der Waals surface area contributed by atoms with Gasteiger partial charge in [0.05, 0.1) is 4.92 Å². The number of nitro benzene ring substituents is 1. The van der Waals surface area contributed by atoms with Crippen LogP contribution < -0.4 is 4.74 Å². The van der Waals surface area contributed by atoms with Gasteiger partial charge in [-0.15, -0.1) is 0 Å². The second-order valence-corrected chi connectivity index (χ2v) is 4.37. The van der Waals surface area contributed by atoms with E-state index in [1.807, 2.05) is 13.8 Å². The summed E-state index contributed by atoms with van der Waals surface area (Å²) in [5.74, 6) is 0.216. The van der Waals surface area contributed by atoms with Crippen molar-refractivity contribution in [1.29, 1.82) is 0 Å². The normalized spacial score (nSPS) is 15.9. The van der Waals surface area contributed by atoms with Crippen LogP contribution in [0.2, 0.25) is 0 Å². The minimum atomic E-state index is -0.583. The lowest BCUT2D eigenvalue weighted by Crippen LogP contribution is -2.28. The fourth-order valence-electron chi connectivity index (χ4n) is 1.68. The first kappa shape index (κ1) is 11.3. The molecule has 1 aromatic carbocycles. The van der Waals surface area contributed by atoms with Gasteiger partial charge in [-0.1, -0.05) is 6.08 Å². The number of benzene rings is 1. The van der Waals surface area contributed by atoms with Crippen molar-refractivity contribution in [1.82, 2.24) is 0 Å². The van der Waals surface area contributed by atoms with Gasteiger partial charge in [0.2, 0.25) is 5.75 Å². The molecule has 0 atom stereocenters. The highest BCUT2D eigenvalue weighted by atomic mass is 16.6. The van der Waals surface area contributed by atoms with Crippen molar-refractivity contribution >= 4 is 18.0 Å². The van der Waals surface area contributed by atoms with E-state index in [4.69, 9.17) is 4.74 Å². The summed E-state index contributed by atoms with van der Waals surface area (Å²) in [5, 5.41) is 10.9. The Kier molecular flexibility index (Phi) is 2.46. The highest BCUT2D eigenvalue weighted by Gasteiger charge is 2.29. The van der Waals surface area contributed by atoms with Crippen molar-refractivity contribution < 1.29 is 14.5 Å². The number of hydrogen-bond acceptors (Lipinski definition) is 4. The topological polar surface area (TPSA) is 69.4 Å². The Morgan fingerprint density at radius 1 is 1.41 bits per heavy atom. The van der Waals surface area contributed by atoms with Crippen LogP contribution in [0.1, 0.15) is 29.8 Å². The van der Waals surface area contributed by atoms with Crippen LogP contribution in [0.3, 0.4) is 0 Å². The Morgan fingerprint density at radius 2 is 2.12 bits per heavy atom. The van der Waals surface area contributed by atoms with Gasteiger partial charge < -0.3 is 4.74 Å². The van der Waals surface area contributed by atoms with Gasteiger partial charge in [-0.3, -0.25) is 14.9 Å². The number of carbonyl (C=O) groups is 1. The largest absolute Gasteiger partial charge is 0.476 e. The number of rotatable bonds is 2. The molecule has 0 aromatic heterocycles. The van der Waals surface area contributed by atoms with E-state index in [0.29, 0.717) is 11.8 Å². The SMILES string of the molecule is CC1(C)C=Cc2cc(C=O)cc([N+](=O)[O-])c2O1. The van der Waals surface area contributed by atoms with Crippen molar-refractivity contribution in [3.05, 3.63) is 39.4 Å². The molecular weight excluding hydrogens is 222 g/mol. The average Bonchev–Trinajstić information content (AvgIpc) is 2.26. The smallest absolute Gasteiger partial charge is 0.312 e. The Hall–Kier alpha value is -2.17. The summed E-state index contributed by atoms with van der Waals surface area (Å²) in [6.07, 6.45) is 4.12. The third-order valence-electron chi connectivity index (χ3n) is 2.48. The number of nitrogens with zero attached hydrogens (tertiary/aromatic N) is 1. The van der Waals surface area contributed by atoms with E-state index < -0.39 is 10.5 Å². The number of hydrogen-bond donors (Lipinski definition) is 0. The maximum atomic E-state index is 10.9. The number of ether oxygens (including phenoxy) is 1. The van der Waals surface area contributed by atoms with Gasteiger partial charge in [0, 0.05) is 17.2 Å². The maximum Gasteiger partial charge on any atom is 0.312 e. The third kappa shape index (κ3) is 2.04. The molecule has 0 saturated heterocycles. The first-order valence-electron chi connectivity index (χ1n) is 5.09. The molecule has 0 bridgehead atoms. The van der Waals surface area contributed by atoms with E-state index in [2.05, 4.69) is 0 Å². The predicted molar refractivity (Wildman–Crippen MR) is 62.2 cm³/mol. The lowest BCUT2D eigenvalue weighted by molar-refractivity contribution is -0.386. The molecule has 1 aliphatic heterocycles. The first-order valence-corrected chi connectivity index (χ1v) is 5.09. The van der Waals surface area contributed by atoms with Gasteiger partial charge >= 0.3 is 5.69 Å². The fourth-order valence-corrected chi connectivity index (χ4v) is 1.68. The van der Waals surface area contributed by atoms with Gasteiger partial charge in [-0.25, -0.2) is 0 Å². The number of aldehydes is 1. The fraction of sp³-hybridized carbons (Fsp3) is 0.250. The Bertz CT molecular complexity index is 532. The second-order valence-electron chi connectivity index (χ2n) is 4.37. The van der Waals surface area contributed by atoms with E-state index in [0.717, 1.165) is 0 Å². The maximum absolute atomic E-state index is 10.9. The standard InChI is InChI=1S/C12H11NO4/c1-12(2)4-3-9-5-8(7-14)6-10(13(15)16)11(9)17-12/h3-7H,1-2H3. The van der Waals surface area contributed by atoms with Gasteiger partial charge in [-0.05, 0) is 26.0 Å². The monoisotopic (exact) mass is 233 g/mol. The molecule has 1 aliphatic rings. The summed E-state index contributed by atoms with van der Waals surface area (Å²) >= 11 is 0. The van der Waals surface area contributed by atoms with Crippen LogP contribution in [0.4, 0.5) is 5.69 Å². The summed E-state index contributed by atoms with van der Waals surface area (Å²) in [4.78, 5) is 21.1.